The van der Waals surface area contributed by atoms with Crippen LogP contribution in [0.2, 0.25) is 0 Å². The zero-order valence-electron chi connectivity index (χ0n) is 9.68. The molecule has 0 aromatic heterocycles. The number of nitriles is 1. The molecular formula is C14H10FNO2. The summed E-state index contributed by atoms with van der Waals surface area (Å²) in [6.45, 7) is 0. The molecule has 2 aromatic carbocycles. The molecule has 0 saturated heterocycles. The molecule has 3 nitrogen and oxygen atoms in total. The second kappa shape index (κ2) is 5.19. The molecule has 0 spiro atoms. The minimum Gasteiger partial charge on any atom is -0.497 e. The van der Waals surface area contributed by atoms with Gasteiger partial charge in [-0.15, -0.1) is 0 Å². The standard InChI is InChI=1S/C14H10FNO2/c1-17-11-3-5-12(6-4-11)18-14-7-2-10(9-16)8-13(14)15/h2-8H,1H3. The molecule has 2 rings (SSSR count). The lowest BCUT2D eigenvalue weighted by Gasteiger charge is -2.07. The number of methoxy groups -OCH3 is 1. The predicted molar refractivity (Wildman–Crippen MR) is 64.2 cm³/mol. The second-order valence-corrected chi connectivity index (χ2v) is 3.53. The lowest BCUT2D eigenvalue weighted by Crippen LogP contribution is -1.89. The van der Waals surface area contributed by atoms with Crippen molar-refractivity contribution in [1.29, 1.82) is 5.26 Å². The lowest BCUT2D eigenvalue weighted by atomic mass is 10.2. The van der Waals surface area contributed by atoms with E-state index in [0.29, 0.717) is 11.5 Å². The summed E-state index contributed by atoms with van der Waals surface area (Å²) in [5, 5.41) is 8.63. The van der Waals surface area contributed by atoms with E-state index in [-0.39, 0.29) is 11.3 Å². The molecular weight excluding hydrogens is 233 g/mol. The molecule has 0 aliphatic heterocycles. The molecule has 0 radical (unpaired) electrons. The van der Waals surface area contributed by atoms with E-state index >= 15 is 0 Å². The van der Waals surface area contributed by atoms with Gasteiger partial charge in [0.25, 0.3) is 0 Å². The highest BCUT2D eigenvalue weighted by Gasteiger charge is 2.06. The van der Waals surface area contributed by atoms with Gasteiger partial charge in [0.05, 0.1) is 18.7 Å². The van der Waals surface area contributed by atoms with Crippen molar-refractivity contribution < 1.29 is 13.9 Å². The Balaban J connectivity index is 2.20. The van der Waals surface area contributed by atoms with Crippen LogP contribution >= 0.6 is 0 Å². The normalized spacial score (nSPS) is 9.61. The van der Waals surface area contributed by atoms with E-state index in [4.69, 9.17) is 14.7 Å². The average Bonchev–Trinajstić information content (AvgIpc) is 2.42. The van der Waals surface area contributed by atoms with Crippen molar-refractivity contribution in [3.8, 4) is 23.3 Å². The Morgan fingerprint density at radius 2 is 1.72 bits per heavy atom. The highest BCUT2D eigenvalue weighted by atomic mass is 19.1. The maximum Gasteiger partial charge on any atom is 0.167 e. The van der Waals surface area contributed by atoms with Crippen molar-refractivity contribution in [3.63, 3.8) is 0 Å². The second-order valence-electron chi connectivity index (χ2n) is 3.53. The topological polar surface area (TPSA) is 42.2 Å². The summed E-state index contributed by atoms with van der Waals surface area (Å²) in [6.07, 6.45) is 0. The van der Waals surface area contributed by atoms with Crippen LogP contribution in [-0.2, 0) is 0 Å². The van der Waals surface area contributed by atoms with E-state index in [1.54, 1.807) is 31.4 Å². The molecule has 0 amide bonds. The van der Waals surface area contributed by atoms with E-state index in [0.717, 1.165) is 6.07 Å². The number of hydrogen-bond acceptors (Lipinski definition) is 3. The number of rotatable bonds is 3. The van der Waals surface area contributed by atoms with Gasteiger partial charge in [-0.25, -0.2) is 4.39 Å². The van der Waals surface area contributed by atoms with Gasteiger partial charge in [0.2, 0.25) is 0 Å². The van der Waals surface area contributed by atoms with Crippen molar-refractivity contribution >= 4 is 0 Å². The van der Waals surface area contributed by atoms with E-state index < -0.39 is 5.82 Å². The van der Waals surface area contributed by atoms with E-state index in [1.165, 1.54) is 12.1 Å². The summed E-state index contributed by atoms with van der Waals surface area (Å²) in [4.78, 5) is 0. The van der Waals surface area contributed by atoms with Crippen LogP contribution in [0, 0.1) is 17.1 Å². The number of benzene rings is 2. The zero-order chi connectivity index (χ0) is 13.0. The molecule has 0 atom stereocenters. The fourth-order valence-electron chi connectivity index (χ4n) is 1.42. The van der Waals surface area contributed by atoms with Gasteiger partial charge in [-0.2, -0.15) is 5.26 Å². The van der Waals surface area contributed by atoms with Gasteiger partial charge >= 0.3 is 0 Å². The van der Waals surface area contributed by atoms with Gasteiger partial charge in [0.15, 0.2) is 11.6 Å². The van der Waals surface area contributed by atoms with Gasteiger partial charge in [0.1, 0.15) is 11.5 Å². The summed E-state index contributed by atoms with van der Waals surface area (Å²) in [5.41, 5.74) is 0.259. The summed E-state index contributed by atoms with van der Waals surface area (Å²) in [6, 6.07) is 12.7. The third-order valence-electron chi connectivity index (χ3n) is 2.35. The minimum atomic E-state index is -0.565. The van der Waals surface area contributed by atoms with Crippen LogP contribution in [0.5, 0.6) is 17.2 Å². The number of halogens is 1. The first-order valence-electron chi connectivity index (χ1n) is 5.24. The molecule has 90 valence electrons. The average molecular weight is 243 g/mol. The summed E-state index contributed by atoms with van der Waals surface area (Å²) in [5.74, 6) is 0.714. The summed E-state index contributed by atoms with van der Waals surface area (Å²) in [7, 11) is 1.57. The largest absolute Gasteiger partial charge is 0.497 e. The predicted octanol–water partition coefficient (Wildman–Crippen LogP) is 3.50. The number of nitrogens with zero attached hydrogens (tertiary/aromatic N) is 1. The van der Waals surface area contributed by atoms with Crippen molar-refractivity contribution in [1.82, 2.24) is 0 Å². The van der Waals surface area contributed by atoms with Crippen molar-refractivity contribution in [3.05, 3.63) is 53.8 Å². The van der Waals surface area contributed by atoms with Crippen LogP contribution in [0.25, 0.3) is 0 Å². The van der Waals surface area contributed by atoms with Crippen molar-refractivity contribution in [2.24, 2.45) is 0 Å². The highest BCUT2D eigenvalue weighted by molar-refractivity contribution is 5.39. The molecule has 0 saturated carbocycles. The van der Waals surface area contributed by atoms with Gasteiger partial charge < -0.3 is 9.47 Å². The quantitative estimate of drug-likeness (QED) is 0.828. The molecule has 0 N–H and O–H groups in total. The fourth-order valence-corrected chi connectivity index (χ4v) is 1.42. The monoisotopic (exact) mass is 243 g/mol. The first-order chi connectivity index (χ1) is 8.72. The summed E-state index contributed by atoms with van der Waals surface area (Å²) >= 11 is 0. The Morgan fingerprint density at radius 3 is 2.28 bits per heavy atom. The number of ether oxygens (including phenoxy) is 2. The van der Waals surface area contributed by atoms with Crippen LogP contribution in [0.4, 0.5) is 4.39 Å². The first kappa shape index (κ1) is 11.9. The molecule has 4 heteroatoms. The Hall–Kier alpha value is -2.54. The Morgan fingerprint density at radius 1 is 1.06 bits per heavy atom. The third-order valence-corrected chi connectivity index (χ3v) is 2.35. The Kier molecular flexibility index (Phi) is 3.44. The SMILES string of the molecule is COc1ccc(Oc2ccc(C#N)cc2F)cc1. The number of hydrogen-bond donors (Lipinski definition) is 0. The van der Waals surface area contributed by atoms with Crippen molar-refractivity contribution in [2.45, 2.75) is 0 Å². The van der Waals surface area contributed by atoms with Gasteiger partial charge in [-0.3, -0.25) is 0 Å². The maximum absolute atomic E-state index is 13.6. The first-order valence-corrected chi connectivity index (χ1v) is 5.24. The molecule has 0 aliphatic rings. The van der Waals surface area contributed by atoms with Gasteiger partial charge in [-0.05, 0) is 42.5 Å². The fraction of sp³-hybridized carbons (Fsp3) is 0.0714. The summed E-state index contributed by atoms with van der Waals surface area (Å²) < 4.78 is 23.9. The minimum absolute atomic E-state index is 0.0826. The maximum atomic E-state index is 13.6. The van der Waals surface area contributed by atoms with Crippen molar-refractivity contribution in [2.75, 3.05) is 7.11 Å². The zero-order valence-corrected chi connectivity index (χ0v) is 9.68. The van der Waals surface area contributed by atoms with Crippen LogP contribution in [0.15, 0.2) is 42.5 Å². The smallest absolute Gasteiger partial charge is 0.167 e. The third kappa shape index (κ3) is 2.58. The molecule has 0 heterocycles. The van der Waals surface area contributed by atoms with E-state index in [1.807, 2.05) is 6.07 Å². The molecule has 0 bridgehead atoms. The van der Waals surface area contributed by atoms with E-state index in [9.17, 15) is 4.39 Å². The van der Waals surface area contributed by atoms with Crippen LogP contribution < -0.4 is 9.47 Å². The molecule has 0 aliphatic carbocycles. The Bertz CT molecular complexity index is 588. The van der Waals surface area contributed by atoms with E-state index in [2.05, 4.69) is 0 Å². The highest BCUT2D eigenvalue weighted by Crippen LogP contribution is 2.26. The van der Waals surface area contributed by atoms with Crippen LogP contribution in [0.1, 0.15) is 5.56 Å². The van der Waals surface area contributed by atoms with Crippen LogP contribution in [0.3, 0.4) is 0 Å². The lowest BCUT2D eigenvalue weighted by molar-refractivity contribution is 0.411. The Labute approximate surface area is 104 Å². The van der Waals surface area contributed by atoms with Gasteiger partial charge in [-0.1, -0.05) is 0 Å². The van der Waals surface area contributed by atoms with Crippen LogP contribution in [-0.4, -0.2) is 7.11 Å². The molecule has 0 fully saturated rings. The molecule has 2 aromatic rings. The molecule has 0 unspecified atom stereocenters. The molecule has 18 heavy (non-hydrogen) atoms. The van der Waals surface area contributed by atoms with Gasteiger partial charge in [0, 0.05) is 0 Å².